The smallest absolute Gasteiger partial charge is 0.261 e. The van der Waals surface area contributed by atoms with Crippen molar-refractivity contribution in [3.8, 4) is 0 Å². The molecule has 0 aliphatic heterocycles. The first-order valence-electron chi connectivity index (χ1n) is 8.97. The third-order valence-electron chi connectivity index (χ3n) is 4.39. The summed E-state index contributed by atoms with van der Waals surface area (Å²) in [5.41, 5.74) is 1.03. The highest BCUT2D eigenvalue weighted by atomic mass is 32.2. The molecular formula is C20H24N2O3S. The van der Waals surface area contributed by atoms with Crippen molar-refractivity contribution in [2.75, 3.05) is 17.8 Å². The summed E-state index contributed by atoms with van der Waals surface area (Å²) in [6, 6.07) is 14.9. The first-order chi connectivity index (χ1) is 12.5. The Morgan fingerprint density at radius 1 is 1.08 bits per heavy atom. The van der Waals surface area contributed by atoms with Crippen molar-refractivity contribution in [3.63, 3.8) is 0 Å². The van der Waals surface area contributed by atoms with Crippen LogP contribution in [0.2, 0.25) is 0 Å². The molecule has 2 aromatic carbocycles. The number of sulfonamides is 1. The first kappa shape index (κ1) is 18.5. The third-order valence-corrected chi connectivity index (χ3v) is 5.79. The van der Waals surface area contributed by atoms with E-state index in [9.17, 15) is 13.2 Å². The van der Waals surface area contributed by atoms with Crippen molar-refractivity contribution in [2.45, 2.75) is 31.1 Å². The van der Waals surface area contributed by atoms with Gasteiger partial charge in [0.25, 0.3) is 15.9 Å². The van der Waals surface area contributed by atoms with Gasteiger partial charge in [-0.2, -0.15) is 0 Å². The fraction of sp³-hybridized carbons (Fsp3) is 0.350. The second-order valence-electron chi connectivity index (χ2n) is 6.69. The van der Waals surface area contributed by atoms with Gasteiger partial charge in [0.15, 0.2) is 0 Å². The predicted octanol–water partition coefficient (Wildman–Crippen LogP) is 3.75. The zero-order valence-corrected chi connectivity index (χ0v) is 15.7. The normalized spacial score (nSPS) is 14.0. The number of benzene rings is 2. The number of para-hydroxylation sites is 1. The molecule has 0 unspecified atom stereocenters. The number of amides is 1. The zero-order valence-electron chi connectivity index (χ0n) is 14.9. The first-order valence-corrected chi connectivity index (χ1v) is 10.4. The largest absolute Gasteiger partial charge is 0.338 e. The number of carbonyl (C=O) groups excluding carboxylic acids is 1. The number of nitrogens with zero attached hydrogens (tertiary/aromatic N) is 1. The molecule has 138 valence electrons. The van der Waals surface area contributed by atoms with E-state index in [0.717, 1.165) is 19.5 Å². The van der Waals surface area contributed by atoms with E-state index in [1.165, 1.54) is 25.0 Å². The number of rotatable bonds is 8. The van der Waals surface area contributed by atoms with E-state index in [1.54, 1.807) is 36.4 Å². The molecule has 2 aromatic rings. The van der Waals surface area contributed by atoms with E-state index in [0.29, 0.717) is 17.2 Å². The summed E-state index contributed by atoms with van der Waals surface area (Å²) < 4.78 is 27.5. The Kier molecular flexibility index (Phi) is 5.61. The van der Waals surface area contributed by atoms with Gasteiger partial charge in [-0.05, 0) is 61.6 Å². The average Bonchev–Trinajstić information content (AvgIpc) is 3.45. The van der Waals surface area contributed by atoms with Gasteiger partial charge in [0.2, 0.25) is 0 Å². The molecule has 0 heterocycles. The summed E-state index contributed by atoms with van der Waals surface area (Å²) >= 11 is 0. The Morgan fingerprint density at radius 3 is 2.31 bits per heavy atom. The van der Waals surface area contributed by atoms with E-state index < -0.39 is 10.0 Å². The van der Waals surface area contributed by atoms with Gasteiger partial charge in [-0.3, -0.25) is 9.52 Å². The van der Waals surface area contributed by atoms with Crippen LogP contribution >= 0.6 is 0 Å². The second kappa shape index (κ2) is 7.91. The highest BCUT2D eigenvalue weighted by Gasteiger charge is 2.27. The van der Waals surface area contributed by atoms with E-state index in [2.05, 4.69) is 11.6 Å². The Morgan fingerprint density at radius 2 is 1.73 bits per heavy atom. The molecule has 0 atom stereocenters. The predicted molar refractivity (Wildman–Crippen MR) is 103 cm³/mol. The third kappa shape index (κ3) is 4.64. The lowest BCUT2D eigenvalue weighted by atomic mass is 10.2. The fourth-order valence-corrected chi connectivity index (χ4v) is 3.90. The van der Waals surface area contributed by atoms with Gasteiger partial charge in [-0.1, -0.05) is 25.1 Å². The lowest BCUT2D eigenvalue weighted by Gasteiger charge is -2.22. The Labute approximate surface area is 155 Å². The number of carbonyl (C=O) groups is 1. The van der Waals surface area contributed by atoms with Gasteiger partial charge in [0.05, 0.1) is 4.90 Å². The molecule has 1 amide bonds. The second-order valence-corrected chi connectivity index (χ2v) is 8.37. The van der Waals surface area contributed by atoms with Gasteiger partial charge in [0.1, 0.15) is 0 Å². The fourth-order valence-electron chi connectivity index (χ4n) is 2.84. The lowest BCUT2D eigenvalue weighted by Crippen LogP contribution is -2.33. The SMILES string of the molecule is CCCN(CC1CC1)C(=O)c1ccc(S(=O)(=O)Nc2ccccc2)cc1. The number of anilines is 1. The number of hydrogen-bond donors (Lipinski definition) is 1. The summed E-state index contributed by atoms with van der Waals surface area (Å²) in [5, 5.41) is 0. The van der Waals surface area contributed by atoms with Crippen LogP contribution in [0.4, 0.5) is 5.69 Å². The highest BCUT2D eigenvalue weighted by Crippen LogP contribution is 2.30. The molecule has 6 heteroatoms. The van der Waals surface area contributed by atoms with Crippen molar-refractivity contribution in [1.29, 1.82) is 0 Å². The van der Waals surface area contributed by atoms with Crippen LogP contribution in [-0.2, 0) is 10.0 Å². The molecule has 5 nitrogen and oxygen atoms in total. The minimum atomic E-state index is -3.67. The highest BCUT2D eigenvalue weighted by molar-refractivity contribution is 7.92. The molecular weight excluding hydrogens is 348 g/mol. The van der Waals surface area contributed by atoms with E-state index in [-0.39, 0.29) is 10.8 Å². The van der Waals surface area contributed by atoms with Gasteiger partial charge in [-0.25, -0.2) is 8.42 Å². The number of nitrogens with one attached hydrogen (secondary N) is 1. The standard InChI is InChI=1S/C20H24N2O3S/c1-2-14-22(15-16-8-9-16)20(23)17-10-12-19(13-11-17)26(24,25)21-18-6-4-3-5-7-18/h3-7,10-13,16,21H,2,8-9,14-15H2,1H3. The molecule has 0 radical (unpaired) electrons. The van der Waals surface area contributed by atoms with Crippen LogP contribution in [0.15, 0.2) is 59.5 Å². The molecule has 0 bridgehead atoms. The number of hydrogen-bond acceptors (Lipinski definition) is 3. The van der Waals surface area contributed by atoms with E-state index in [4.69, 9.17) is 0 Å². The quantitative estimate of drug-likeness (QED) is 0.767. The van der Waals surface area contributed by atoms with Crippen molar-refractivity contribution >= 4 is 21.6 Å². The molecule has 0 saturated heterocycles. The van der Waals surface area contributed by atoms with Gasteiger partial charge in [0, 0.05) is 24.3 Å². The topological polar surface area (TPSA) is 66.5 Å². The molecule has 0 spiro atoms. The van der Waals surface area contributed by atoms with Gasteiger partial charge < -0.3 is 4.90 Å². The van der Waals surface area contributed by atoms with Crippen molar-refractivity contribution in [1.82, 2.24) is 4.90 Å². The molecule has 1 saturated carbocycles. The minimum absolute atomic E-state index is 0.0290. The molecule has 26 heavy (non-hydrogen) atoms. The van der Waals surface area contributed by atoms with E-state index in [1.807, 2.05) is 11.0 Å². The van der Waals surface area contributed by atoms with Crippen LogP contribution in [0, 0.1) is 5.92 Å². The average molecular weight is 372 g/mol. The monoisotopic (exact) mass is 372 g/mol. The Hall–Kier alpha value is -2.34. The molecule has 3 rings (SSSR count). The van der Waals surface area contributed by atoms with Crippen LogP contribution in [-0.4, -0.2) is 32.3 Å². The zero-order chi connectivity index (χ0) is 18.6. The Bertz CT molecular complexity index is 844. The maximum Gasteiger partial charge on any atom is 0.261 e. The Balaban J connectivity index is 1.73. The molecule has 1 aliphatic carbocycles. The lowest BCUT2D eigenvalue weighted by molar-refractivity contribution is 0.0747. The maximum atomic E-state index is 12.7. The minimum Gasteiger partial charge on any atom is -0.338 e. The van der Waals surface area contributed by atoms with Crippen molar-refractivity contribution in [3.05, 3.63) is 60.2 Å². The summed E-state index contributed by atoms with van der Waals surface area (Å²) in [6.45, 7) is 3.57. The summed E-state index contributed by atoms with van der Waals surface area (Å²) in [5.74, 6) is 0.596. The molecule has 0 aromatic heterocycles. The van der Waals surface area contributed by atoms with Crippen molar-refractivity contribution in [2.24, 2.45) is 5.92 Å². The van der Waals surface area contributed by atoms with Crippen LogP contribution in [0.1, 0.15) is 36.5 Å². The van der Waals surface area contributed by atoms with Gasteiger partial charge in [-0.15, -0.1) is 0 Å². The summed E-state index contributed by atoms with van der Waals surface area (Å²) in [6.07, 6.45) is 3.29. The summed E-state index contributed by atoms with van der Waals surface area (Å²) in [7, 11) is -3.67. The van der Waals surface area contributed by atoms with Crippen molar-refractivity contribution < 1.29 is 13.2 Å². The molecule has 1 N–H and O–H groups in total. The maximum absolute atomic E-state index is 12.7. The van der Waals surface area contributed by atoms with Crippen LogP contribution in [0.25, 0.3) is 0 Å². The van der Waals surface area contributed by atoms with E-state index >= 15 is 0 Å². The van der Waals surface area contributed by atoms with Crippen LogP contribution in [0.3, 0.4) is 0 Å². The van der Waals surface area contributed by atoms with Crippen LogP contribution in [0.5, 0.6) is 0 Å². The summed E-state index contributed by atoms with van der Waals surface area (Å²) in [4.78, 5) is 14.7. The van der Waals surface area contributed by atoms with Gasteiger partial charge >= 0.3 is 0 Å². The molecule has 1 aliphatic rings. The van der Waals surface area contributed by atoms with Crippen LogP contribution < -0.4 is 4.72 Å². The molecule has 1 fully saturated rings.